The molecule has 214 valence electrons. The van der Waals surface area contributed by atoms with Gasteiger partial charge in [-0.25, -0.2) is 4.98 Å². The van der Waals surface area contributed by atoms with Crippen LogP contribution in [0.1, 0.15) is 60.3 Å². The van der Waals surface area contributed by atoms with E-state index in [9.17, 15) is 14.7 Å². The number of ether oxygens (including phenoxy) is 2. The monoisotopic (exact) mass is 592 g/mol. The molecule has 1 aliphatic heterocycles. The second-order valence-corrected chi connectivity index (χ2v) is 12.2. The van der Waals surface area contributed by atoms with E-state index in [0.717, 1.165) is 37.9 Å². The van der Waals surface area contributed by atoms with Crippen LogP contribution in [0.4, 0.5) is 0 Å². The van der Waals surface area contributed by atoms with E-state index in [1.165, 1.54) is 4.70 Å². The lowest BCUT2D eigenvalue weighted by atomic mass is 10.0. The molecule has 0 saturated carbocycles. The van der Waals surface area contributed by atoms with Gasteiger partial charge in [-0.15, -0.1) is 11.3 Å². The van der Waals surface area contributed by atoms with Crippen LogP contribution in [0.2, 0.25) is 0 Å². The number of carbonyl (C=O) groups is 2. The highest BCUT2D eigenvalue weighted by Crippen LogP contribution is 2.40. The lowest BCUT2D eigenvalue weighted by Gasteiger charge is -2.36. The molecule has 3 aromatic carbocycles. The zero-order valence-electron chi connectivity index (χ0n) is 22.4. The summed E-state index contributed by atoms with van der Waals surface area (Å²) in [6.07, 6.45) is 0.371. The SMILES string of the molecule is O=C(O)CCCC(=O)NCc1ccc([C@H]2O[C@@H](CSc3nc4ccccc4s3)C[C@@H](c3ccc(CO)cc3)O2)cc1. The van der Waals surface area contributed by atoms with Crippen LogP contribution in [0.3, 0.4) is 0 Å². The normalized spacial score (nSPS) is 18.8. The Balaban J connectivity index is 1.24. The number of nitrogens with one attached hydrogen (secondary N) is 1. The van der Waals surface area contributed by atoms with Crippen molar-refractivity contribution in [3.05, 3.63) is 95.1 Å². The minimum absolute atomic E-state index is 0.00584. The molecule has 5 rings (SSSR count). The van der Waals surface area contributed by atoms with Crippen LogP contribution in [0.15, 0.2) is 77.1 Å². The van der Waals surface area contributed by atoms with Gasteiger partial charge in [-0.2, -0.15) is 0 Å². The fraction of sp³-hybridized carbons (Fsp3) is 0.323. The van der Waals surface area contributed by atoms with Gasteiger partial charge in [0.25, 0.3) is 0 Å². The maximum absolute atomic E-state index is 12.0. The van der Waals surface area contributed by atoms with E-state index in [4.69, 9.17) is 19.6 Å². The van der Waals surface area contributed by atoms with Gasteiger partial charge in [0.05, 0.1) is 29.0 Å². The number of hydrogen-bond donors (Lipinski definition) is 3. The number of aliphatic hydroxyl groups excluding tert-OH is 1. The number of rotatable bonds is 12. The molecule has 1 aliphatic rings. The largest absolute Gasteiger partial charge is 0.481 e. The van der Waals surface area contributed by atoms with Gasteiger partial charge in [0, 0.05) is 37.1 Å². The van der Waals surface area contributed by atoms with Crippen molar-refractivity contribution in [3.63, 3.8) is 0 Å². The molecule has 2 heterocycles. The molecule has 0 radical (unpaired) electrons. The molecule has 3 N–H and O–H groups in total. The van der Waals surface area contributed by atoms with Gasteiger partial charge in [-0.1, -0.05) is 72.4 Å². The van der Waals surface area contributed by atoms with Crippen molar-refractivity contribution in [2.24, 2.45) is 0 Å². The lowest BCUT2D eigenvalue weighted by Crippen LogP contribution is -2.31. The summed E-state index contributed by atoms with van der Waals surface area (Å²) in [5, 5.41) is 21.0. The van der Waals surface area contributed by atoms with Crippen LogP contribution in [0, 0.1) is 0 Å². The van der Waals surface area contributed by atoms with E-state index in [1.54, 1.807) is 23.1 Å². The zero-order chi connectivity index (χ0) is 28.6. The number of aromatic nitrogens is 1. The number of thiazole rings is 1. The number of amides is 1. The number of benzene rings is 3. The summed E-state index contributed by atoms with van der Waals surface area (Å²) < 4.78 is 15.1. The number of aliphatic carboxylic acids is 1. The first-order valence-corrected chi connectivity index (χ1v) is 15.3. The van der Waals surface area contributed by atoms with Gasteiger partial charge in [0.1, 0.15) is 0 Å². The maximum atomic E-state index is 12.0. The maximum Gasteiger partial charge on any atom is 0.303 e. The first-order chi connectivity index (χ1) is 20.0. The van der Waals surface area contributed by atoms with Crippen LogP contribution >= 0.6 is 23.1 Å². The average molecular weight is 593 g/mol. The van der Waals surface area contributed by atoms with Gasteiger partial charge in [0.15, 0.2) is 10.6 Å². The highest BCUT2D eigenvalue weighted by Gasteiger charge is 2.32. The number of hydrogen-bond acceptors (Lipinski definition) is 8. The van der Waals surface area contributed by atoms with Crippen molar-refractivity contribution in [3.8, 4) is 0 Å². The minimum Gasteiger partial charge on any atom is -0.481 e. The number of carbonyl (C=O) groups excluding carboxylic acids is 1. The number of carboxylic acid groups (broad SMARTS) is 1. The predicted octanol–water partition coefficient (Wildman–Crippen LogP) is 6.00. The molecule has 0 bridgehead atoms. The Morgan fingerprint density at radius 3 is 2.41 bits per heavy atom. The lowest BCUT2D eigenvalue weighted by molar-refractivity contribution is -0.245. The molecule has 3 atom stereocenters. The standard InChI is InChI=1S/C31H32N2O6S2/c34-18-21-10-12-22(13-11-21)26-16-24(19-40-31-33-25-4-1-2-5-27(25)41-31)38-30(39-26)23-14-8-20(9-15-23)17-32-28(35)6-3-7-29(36)37/h1-2,4-5,8-15,24,26,30,34H,3,6-7,16-19H2,(H,32,35)(H,36,37)/t24-,26+,30+/m1/s1. The van der Waals surface area contributed by atoms with Crippen LogP contribution < -0.4 is 5.32 Å². The smallest absolute Gasteiger partial charge is 0.303 e. The highest BCUT2D eigenvalue weighted by atomic mass is 32.2. The summed E-state index contributed by atoms with van der Waals surface area (Å²) in [6.45, 7) is 0.355. The van der Waals surface area contributed by atoms with Gasteiger partial charge in [-0.3, -0.25) is 9.59 Å². The van der Waals surface area contributed by atoms with Crippen LogP contribution in [-0.4, -0.2) is 38.9 Å². The third-order valence-corrected chi connectivity index (χ3v) is 9.13. The average Bonchev–Trinajstić information content (AvgIpc) is 3.42. The first kappa shape index (κ1) is 29.2. The molecule has 0 unspecified atom stereocenters. The summed E-state index contributed by atoms with van der Waals surface area (Å²) in [4.78, 5) is 27.4. The van der Waals surface area contributed by atoms with Crippen molar-refractivity contribution in [2.45, 2.75) is 61.7 Å². The van der Waals surface area contributed by atoms with E-state index in [0.29, 0.717) is 19.4 Å². The molecule has 1 amide bonds. The van der Waals surface area contributed by atoms with Gasteiger partial charge < -0.3 is 25.0 Å². The number of thioether (sulfide) groups is 1. The summed E-state index contributed by atoms with van der Waals surface area (Å²) in [5.41, 5.74) is 4.70. The molecule has 1 fully saturated rings. The summed E-state index contributed by atoms with van der Waals surface area (Å²) >= 11 is 3.38. The molecule has 41 heavy (non-hydrogen) atoms. The molecule has 1 aromatic heterocycles. The number of nitrogens with zero attached hydrogens (tertiary/aromatic N) is 1. The summed E-state index contributed by atoms with van der Waals surface area (Å²) in [5.74, 6) is -0.336. The summed E-state index contributed by atoms with van der Waals surface area (Å²) in [6, 6.07) is 23.7. The Kier molecular flexibility index (Phi) is 10.0. The van der Waals surface area contributed by atoms with Crippen molar-refractivity contribution in [1.29, 1.82) is 0 Å². The topological polar surface area (TPSA) is 118 Å². The molecule has 0 aliphatic carbocycles. The number of aliphatic hydroxyl groups is 1. The number of carboxylic acids is 1. The quantitative estimate of drug-likeness (QED) is 0.172. The fourth-order valence-corrected chi connectivity index (χ4v) is 6.69. The van der Waals surface area contributed by atoms with Crippen LogP contribution in [0.5, 0.6) is 0 Å². The molecule has 8 nitrogen and oxygen atoms in total. The van der Waals surface area contributed by atoms with Gasteiger partial charge in [-0.05, 0) is 35.2 Å². The Morgan fingerprint density at radius 1 is 0.951 bits per heavy atom. The number of para-hydroxylation sites is 1. The first-order valence-electron chi connectivity index (χ1n) is 13.5. The molecule has 1 saturated heterocycles. The Hall–Kier alpha value is -3.28. The van der Waals surface area contributed by atoms with Crippen LogP contribution in [-0.2, 0) is 32.2 Å². The van der Waals surface area contributed by atoms with Crippen molar-refractivity contribution in [2.75, 3.05) is 5.75 Å². The third kappa shape index (κ3) is 8.15. The van der Waals surface area contributed by atoms with Gasteiger partial charge >= 0.3 is 5.97 Å². The predicted molar refractivity (Wildman–Crippen MR) is 159 cm³/mol. The summed E-state index contributed by atoms with van der Waals surface area (Å²) in [7, 11) is 0. The van der Waals surface area contributed by atoms with Gasteiger partial charge in [0.2, 0.25) is 5.91 Å². The highest BCUT2D eigenvalue weighted by molar-refractivity contribution is 8.01. The molecule has 4 aromatic rings. The molecular formula is C31H32N2O6S2. The van der Waals surface area contributed by atoms with Crippen LogP contribution in [0.25, 0.3) is 10.2 Å². The van der Waals surface area contributed by atoms with E-state index in [2.05, 4.69) is 11.4 Å². The van der Waals surface area contributed by atoms with E-state index >= 15 is 0 Å². The molecular weight excluding hydrogens is 560 g/mol. The van der Waals surface area contributed by atoms with E-state index in [1.807, 2.05) is 66.7 Å². The third-order valence-electron chi connectivity index (χ3n) is 6.82. The fourth-order valence-electron chi connectivity index (χ4n) is 4.58. The number of fused-ring (bicyclic) bond motifs is 1. The second kappa shape index (κ2) is 14.1. The van der Waals surface area contributed by atoms with Crippen molar-refractivity contribution < 1.29 is 29.3 Å². The second-order valence-electron chi connectivity index (χ2n) is 9.87. The Morgan fingerprint density at radius 2 is 1.68 bits per heavy atom. The van der Waals surface area contributed by atoms with E-state index in [-0.39, 0.29) is 37.6 Å². The van der Waals surface area contributed by atoms with Crippen molar-refractivity contribution in [1.82, 2.24) is 10.3 Å². The molecule has 0 spiro atoms. The van der Waals surface area contributed by atoms with E-state index < -0.39 is 12.3 Å². The Bertz CT molecular complexity index is 1420. The Labute approximate surface area is 246 Å². The zero-order valence-corrected chi connectivity index (χ0v) is 24.0. The molecule has 10 heteroatoms. The minimum atomic E-state index is -0.900. The van der Waals surface area contributed by atoms with Crippen molar-refractivity contribution >= 4 is 45.2 Å².